The van der Waals surface area contributed by atoms with Crippen molar-refractivity contribution < 1.29 is 27.8 Å². The SMILES string of the molecule is COc1ncc(-c2ccc3c(Nc4cc(C(=O)O)cc(C5CCC(C(C)C)C5)c4)c(S(=O)(=O)NC4CCCCC4)cnc3c2)c(OC)n1. The van der Waals surface area contributed by atoms with Gasteiger partial charge in [0.1, 0.15) is 4.90 Å². The molecule has 12 heteroatoms. The van der Waals surface area contributed by atoms with Gasteiger partial charge in [-0.2, -0.15) is 4.98 Å². The normalized spacial score (nSPS) is 18.7. The predicted molar refractivity (Wildman–Crippen MR) is 185 cm³/mol. The number of aromatic nitrogens is 3. The summed E-state index contributed by atoms with van der Waals surface area (Å²) in [5, 5.41) is 14.0. The molecule has 2 aliphatic carbocycles. The lowest BCUT2D eigenvalue weighted by Gasteiger charge is -2.24. The minimum atomic E-state index is -4.00. The second kappa shape index (κ2) is 14.1. The van der Waals surface area contributed by atoms with E-state index in [9.17, 15) is 18.3 Å². The Morgan fingerprint density at radius 3 is 2.44 bits per heavy atom. The van der Waals surface area contributed by atoms with Crippen LogP contribution in [0.25, 0.3) is 22.0 Å². The van der Waals surface area contributed by atoms with Crippen LogP contribution in [0.3, 0.4) is 0 Å². The van der Waals surface area contributed by atoms with Gasteiger partial charge < -0.3 is 19.9 Å². The number of ether oxygens (including phenoxy) is 2. The first-order valence-electron chi connectivity index (χ1n) is 16.6. The summed E-state index contributed by atoms with van der Waals surface area (Å²) in [7, 11) is -1.01. The number of hydrogen-bond donors (Lipinski definition) is 3. The molecule has 2 aromatic heterocycles. The van der Waals surface area contributed by atoms with Gasteiger partial charge in [0.2, 0.25) is 15.9 Å². The molecule has 2 unspecified atom stereocenters. The fourth-order valence-corrected chi connectivity index (χ4v) is 8.56. The van der Waals surface area contributed by atoms with Gasteiger partial charge in [-0.3, -0.25) is 4.98 Å². The van der Waals surface area contributed by atoms with E-state index in [1.807, 2.05) is 18.2 Å². The van der Waals surface area contributed by atoms with Crippen molar-refractivity contribution in [3.8, 4) is 23.0 Å². The Hall–Kier alpha value is -4.29. The van der Waals surface area contributed by atoms with Crippen LogP contribution in [-0.2, 0) is 10.0 Å². The number of pyridine rings is 1. The third-order valence-electron chi connectivity index (χ3n) is 9.83. The molecule has 3 N–H and O–H groups in total. The number of sulfonamides is 1. The van der Waals surface area contributed by atoms with Gasteiger partial charge in [-0.15, -0.1) is 0 Å². The van der Waals surface area contributed by atoms with E-state index in [2.05, 4.69) is 38.8 Å². The zero-order valence-electron chi connectivity index (χ0n) is 27.8. The highest BCUT2D eigenvalue weighted by molar-refractivity contribution is 7.89. The van der Waals surface area contributed by atoms with Gasteiger partial charge in [-0.25, -0.2) is 22.9 Å². The molecule has 0 bridgehead atoms. The fourth-order valence-electron chi connectivity index (χ4n) is 7.13. The number of nitrogens with zero attached hydrogens (tertiary/aromatic N) is 3. The minimum absolute atomic E-state index is 0.00158. The third kappa shape index (κ3) is 7.09. The number of anilines is 2. The van der Waals surface area contributed by atoms with Gasteiger partial charge in [-0.1, -0.05) is 45.2 Å². The van der Waals surface area contributed by atoms with Crippen molar-refractivity contribution in [1.82, 2.24) is 19.7 Å². The van der Waals surface area contributed by atoms with Gasteiger partial charge in [0.15, 0.2) is 0 Å². The Balaban J connectivity index is 1.46. The second-order valence-electron chi connectivity index (χ2n) is 13.3. The Labute approximate surface area is 281 Å². The first-order chi connectivity index (χ1) is 23.1. The van der Waals surface area contributed by atoms with Crippen LogP contribution in [0.4, 0.5) is 11.4 Å². The number of fused-ring (bicyclic) bond motifs is 1. The van der Waals surface area contributed by atoms with Crippen LogP contribution < -0.4 is 19.5 Å². The lowest BCUT2D eigenvalue weighted by molar-refractivity contribution is 0.0696. The topological polar surface area (TPSA) is 153 Å². The molecule has 2 atom stereocenters. The van der Waals surface area contributed by atoms with Crippen LogP contribution >= 0.6 is 0 Å². The summed E-state index contributed by atoms with van der Waals surface area (Å²) in [5.41, 5.74) is 3.78. The van der Waals surface area contributed by atoms with Crippen molar-refractivity contribution >= 4 is 38.3 Å². The van der Waals surface area contributed by atoms with Crippen molar-refractivity contribution in [3.63, 3.8) is 0 Å². The summed E-state index contributed by atoms with van der Waals surface area (Å²) in [6, 6.07) is 10.7. The smallest absolute Gasteiger partial charge is 0.335 e. The molecule has 0 amide bonds. The molecule has 0 radical (unpaired) electrons. The number of carbonyl (C=O) groups is 1. The first-order valence-corrected chi connectivity index (χ1v) is 18.1. The fraction of sp³-hybridized carbons (Fsp3) is 0.444. The van der Waals surface area contributed by atoms with Crippen LogP contribution in [0, 0.1) is 11.8 Å². The van der Waals surface area contributed by atoms with Gasteiger partial charge in [0, 0.05) is 29.5 Å². The summed E-state index contributed by atoms with van der Waals surface area (Å²) in [4.78, 5) is 25.4. The van der Waals surface area contributed by atoms with Crippen LogP contribution in [0.2, 0.25) is 0 Å². The lowest BCUT2D eigenvalue weighted by Crippen LogP contribution is -2.36. The molecule has 48 heavy (non-hydrogen) atoms. The molecule has 2 saturated carbocycles. The molecule has 11 nitrogen and oxygen atoms in total. The predicted octanol–water partition coefficient (Wildman–Crippen LogP) is 7.30. The van der Waals surface area contributed by atoms with E-state index in [1.165, 1.54) is 20.4 Å². The first kappa shape index (κ1) is 33.6. The number of carboxylic acid groups (broad SMARTS) is 1. The lowest BCUT2D eigenvalue weighted by atomic mass is 9.90. The largest absolute Gasteiger partial charge is 0.480 e. The van der Waals surface area contributed by atoms with Crippen LogP contribution in [-0.4, -0.2) is 54.7 Å². The maximum atomic E-state index is 14.0. The zero-order chi connectivity index (χ0) is 34.0. The Kier molecular flexibility index (Phi) is 9.84. The standard InChI is InChI=1S/C36H43N5O6S/c1-21(2)22-10-11-23(14-22)25-15-26(35(42)43)17-28(16-25)39-33-29-13-12-24(30-19-38-36(47-4)40-34(30)46-3)18-31(29)37-20-32(33)48(44,45)41-27-8-6-5-7-9-27/h12-13,15-23,27,41H,5-11,14H2,1-4H3,(H,37,39)(H,42,43). The quantitative estimate of drug-likeness (QED) is 0.148. The number of benzene rings is 2. The Morgan fingerprint density at radius 1 is 0.958 bits per heavy atom. The maximum absolute atomic E-state index is 14.0. The van der Waals surface area contributed by atoms with Crippen molar-refractivity contribution in [2.75, 3.05) is 19.5 Å². The third-order valence-corrected chi connectivity index (χ3v) is 11.4. The van der Waals surface area contributed by atoms with Crippen molar-refractivity contribution in [1.29, 1.82) is 0 Å². The van der Waals surface area contributed by atoms with Crippen molar-refractivity contribution in [2.45, 2.75) is 82.1 Å². The number of rotatable bonds is 11. The van der Waals surface area contributed by atoms with E-state index < -0.39 is 16.0 Å². The van der Waals surface area contributed by atoms with Crippen LogP contribution in [0.5, 0.6) is 11.9 Å². The van der Waals surface area contributed by atoms with Gasteiger partial charge >= 0.3 is 12.0 Å². The monoisotopic (exact) mass is 673 g/mol. The molecule has 2 aromatic carbocycles. The highest BCUT2D eigenvalue weighted by Gasteiger charge is 2.30. The van der Waals surface area contributed by atoms with Crippen LogP contribution in [0.1, 0.15) is 87.1 Å². The molecule has 0 spiro atoms. The highest BCUT2D eigenvalue weighted by Crippen LogP contribution is 2.43. The summed E-state index contributed by atoms with van der Waals surface area (Å²) >= 11 is 0. The molecular formula is C36H43N5O6S. The molecule has 6 rings (SSSR count). The number of nitrogens with one attached hydrogen (secondary N) is 2. The van der Waals surface area contributed by atoms with Gasteiger partial charge in [0.05, 0.1) is 36.6 Å². The molecule has 2 fully saturated rings. The molecule has 4 aromatic rings. The number of hydrogen-bond acceptors (Lipinski definition) is 9. The van der Waals surface area contributed by atoms with Crippen molar-refractivity contribution in [2.24, 2.45) is 11.8 Å². The Bertz CT molecular complexity index is 1930. The minimum Gasteiger partial charge on any atom is -0.480 e. The van der Waals surface area contributed by atoms with E-state index in [4.69, 9.17) is 9.47 Å². The second-order valence-corrected chi connectivity index (χ2v) is 14.9. The molecular weight excluding hydrogens is 630 g/mol. The summed E-state index contributed by atoms with van der Waals surface area (Å²) in [6.07, 6.45) is 10.6. The average molecular weight is 674 g/mol. The summed E-state index contributed by atoms with van der Waals surface area (Å²) < 4.78 is 41.6. The van der Waals surface area contributed by atoms with E-state index >= 15 is 0 Å². The molecule has 0 aliphatic heterocycles. The summed E-state index contributed by atoms with van der Waals surface area (Å²) in [6.45, 7) is 4.46. The van der Waals surface area contributed by atoms with E-state index in [1.54, 1.807) is 24.4 Å². The molecule has 0 saturated heterocycles. The van der Waals surface area contributed by atoms with Crippen molar-refractivity contribution in [3.05, 3.63) is 59.9 Å². The highest BCUT2D eigenvalue weighted by atomic mass is 32.2. The Morgan fingerprint density at radius 2 is 1.75 bits per heavy atom. The van der Waals surface area contributed by atoms with E-state index in [0.717, 1.165) is 56.9 Å². The van der Waals surface area contributed by atoms with Gasteiger partial charge in [0.25, 0.3) is 0 Å². The molecule has 2 aliphatic rings. The van der Waals surface area contributed by atoms with E-state index in [-0.39, 0.29) is 28.4 Å². The number of aromatic carboxylic acids is 1. The van der Waals surface area contributed by atoms with Crippen LogP contribution in [0.15, 0.2) is 53.7 Å². The average Bonchev–Trinajstić information content (AvgIpc) is 3.59. The number of methoxy groups -OCH3 is 2. The maximum Gasteiger partial charge on any atom is 0.335 e. The zero-order valence-corrected chi connectivity index (χ0v) is 28.6. The molecule has 2 heterocycles. The van der Waals surface area contributed by atoms with E-state index in [0.29, 0.717) is 51.1 Å². The van der Waals surface area contributed by atoms with Gasteiger partial charge in [-0.05, 0) is 85.3 Å². The number of carboxylic acids is 1. The summed E-state index contributed by atoms with van der Waals surface area (Å²) in [5.74, 6) is 0.643. The molecule has 254 valence electrons.